The first-order chi connectivity index (χ1) is 8.43. The summed E-state index contributed by atoms with van der Waals surface area (Å²) in [4.78, 5) is 4.41. The Bertz CT molecular complexity index is 616. The average Bonchev–Trinajstić information content (AvgIpc) is 2.33. The number of hydrogen-bond donors (Lipinski definition) is 1. The van der Waals surface area contributed by atoms with Crippen LogP contribution in [0.1, 0.15) is 36.2 Å². The molecule has 0 radical (unpaired) electrons. The van der Waals surface area contributed by atoms with Gasteiger partial charge in [0.2, 0.25) is 0 Å². The number of aromatic nitrogens is 1. The third-order valence-corrected chi connectivity index (χ3v) is 3.60. The zero-order chi connectivity index (χ0) is 13.4. The number of rotatable bonds is 1. The van der Waals surface area contributed by atoms with Gasteiger partial charge in [-0.05, 0) is 44.4 Å². The van der Waals surface area contributed by atoms with E-state index in [4.69, 9.17) is 5.41 Å². The Morgan fingerprint density at radius 3 is 2.50 bits per heavy atom. The quantitative estimate of drug-likeness (QED) is 0.789. The smallest absolute Gasteiger partial charge is 0.0960 e. The van der Waals surface area contributed by atoms with Crippen molar-refractivity contribution in [2.75, 3.05) is 0 Å². The summed E-state index contributed by atoms with van der Waals surface area (Å²) >= 11 is 0. The molecule has 0 aliphatic heterocycles. The van der Waals surface area contributed by atoms with E-state index in [1.807, 2.05) is 33.0 Å². The van der Waals surface area contributed by atoms with Gasteiger partial charge in [-0.25, -0.2) is 0 Å². The highest BCUT2D eigenvalue weighted by Crippen LogP contribution is 2.28. The van der Waals surface area contributed by atoms with E-state index in [9.17, 15) is 0 Å². The molecule has 0 saturated carbocycles. The van der Waals surface area contributed by atoms with Crippen LogP contribution in [-0.4, -0.2) is 10.7 Å². The lowest BCUT2D eigenvalue weighted by Crippen LogP contribution is -2.14. The largest absolute Gasteiger partial charge is 0.298 e. The van der Waals surface area contributed by atoms with Crippen molar-refractivity contribution < 1.29 is 0 Å². The minimum atomic E-state index is 0.496. The molecule has 0 atom stereocenters. The first-order valence-electron chi connectivity index (χ1n) is 6.03. The number of nitrogens with zero attached hydrogens (tertiary/aromatic N) is 1. The highest BCUT2D eigenvalue weighted by molar-refractivity contribution is 6.16. The van der Waals surface area contributed by atoms with Gasteiger partial charge in [0, 0.05) is 17.3 Å². The Labute approximate surface area is 108 Å². The van der Waals surface area contributed by atoms with Crippen LogP contribution in [0.4, 0.5) is 0 Å². The van der Waals surface area contributed by atoms with E-state index in [-0.39, 0.29) is 0 Å². The van der Waals surface area contributed by atoms with E-state index in [2.05, 4.69) is 24.6 Å². The first-order valence-corrected chi connectivity index (χ1v) is 6.03. The van der Waals surface area contributed by atoms with Crippen LogP contribution in [0, 0.1) is 19.3 Å². The van der Waals surface area contributed by atoms with Crippen molar-refractivity contribution in [3.05, 3.63) is 58.0 Å². The second kappa shape index (κ2) is 4.37. The Hall–Kier alpha value is -1.96. The Balaban J connectivity index is 2.66. The number of allylic oxidation sites excluding steroid dienone is 4. The Morgan fingerprint density at radius 2 is 1.89 bits per heavy atom. The van der Waals surface area contributed by atoms with Crippen molar-refractivity contribution in [2.45, 2.75) is 27.7 Å². The van der Waals surface area contributed by atoms with Crippen LogP contribution in [0.3, 0.4) is 0 Å². The van der Waals surface area contributed by atoms with Crippen LogP contribution >= 0.6 is 0 Å². The fourth-order valence-corrected chi connectivity index (χ4v) is 2.04. The van der Waals surface area contributed by atoms with E-state index < -0.39 is 0 Å². The number of hydrogen-bond acceptors (Lipinski definition) is 2. The minimum absolute atomic E-state index is 0.496. The van der Waals surface area contributed by atoms with Crippen LogP contribution in [-0.2, 0) is 0 Å². The molecule has 2 rings (SSSR count). The molecule has 0 saturated heterocycles. The lowest BCUT2D eigenvalue weighted by Gasteiger charge is -2.18. The van der Waals surface area contributed by atoms with Gasteiger partial charge < -0.3 is 0 Å². The van der Waals surface area contributed by atoms with Gasteiger partial charge in [-0.3, -0.25) is 10.4 Å². The Morgan fingerprint density at radius 1 is 1.22 bits per heavy atom. The number of aryl methyl sites for hydroxylation is 1. The van der Waals surface area contributed by atoms with Gasteiger partial charge in [0.1, 0.15) is 0 Å². The molecule has 92 valence electrons. The van der Waals surface area contributed by atoms with Crippen molar-refractivity contribution in [3.8, 4) is 0 Å². The van der Waals surface area contributed by atoms with E-state index in [0.717, 1.165) is 33.5 Å². The second-order valence-corrected chi connectivity index (χ2v) is 4.86. The van der Waals surface area contributed by atoms with Crippen molar-refractivity contribution in [1.29, 1.82) is 5.41 Å². The fourth-order valence-electron chi connectivity index (χ4n) is 2.04. The molecule has 1 aliphatic carbocycles. The molecular formula is C16H18N2. The molecular weight excluding hydrogens is 220 g/mol. The minimum Gasteiger partial charge on any atom is -0.298 e. The summed E-state index contributed by atoms with van der Waals surface area (Å²) in [5, 5.41) is 8.31. The monoisotopic (exact) mass is 238 g/mol. The third-order valence-electron chi connectivity index (χ3n) is 3.60. The van der Waals surface area contributed by atoms with Gasteiger partial charge in [0.25, 0.3) is 0 Å². The SMILES string of the molecule is C=C(C)/C(C)=C1/C=Cc2c(ncc(C)c2C)C1=N. The molecule has 1 N–H and O–H groups in total. The van der Waals surface area contributed by atoms with Crippen molar-refractivity contribution in [3.63, 3.8) is 0 Å². The van der Waals surface area contributed by atoms with Gasteiger partial charge in [-0.1, -0.05) is 24.3 Å². The molecule has 0 unspecified atom stereocenters. The Kier molecular flexibility index (Phi) is 3.04. The van der Waals surface area contributed by atoms with Crippen molar-refractivity contribution in [1.82, 2.24) is 4.98 Å². The zero-order valence-corrected chi connectivity index (χ0v) is 11.4. The number of fused-ring (bicyclic) bond motifs is 1. The van der Waals surface area contributed by atoms with Gasteiger partial charge in [-0.2, -0.15) is 0 Å². The maximum atomic E-state index is 8.31. The molecule has 1 aromatic rings. The highest BCUT2D eigenvalue weighted by Gasteiger charge is 2.19. The summed E-state index contributed by atoms with van der Waals surface area (Å²) in [6.45, 7) is 12.0. The zero-order valence-electron chi connectivity index (χ0n) is 11.4. The summed E-state index contributed by atoms with van der Waals surface area (Å²) in [7, 11) is 0. The molecule has 1 heterocycles. The fraction of sp³-hybridized carbons (Fsp3) is 0.250. The van der Waals surface area contributed by atoms with Gasteiger partial charge in [0.15, 0.2) is 0 Å². The molecule has 2 nitrogen and oxygen atoms in total. The molecule has 0 aromatic carbocycles. The summed E-state index contributed by atoms with van der Waals surface area (Å²) in [6, 6.07) is 0. The van der Waals surface area contributed by atoms with Crippen LogP contribution in [0.5, 0.6) is 0 Å². The predicted molar refractivity (Wildman–Crippen MR) is 77.1 cm³/mol. The highest BCUT2D eigenvalue weighted by atomic mass is 14.7. The van der Waals surface area contributed by atoms with Gasteiger partial charge in [0.05, 0.1) is 11.4 Å². The molecule has 2 heteroatoms. The van der Waals surface area contributed by atoms with Crippen molar-refractivity contribution in [2.24, 2.45) is 0 Å². The summed E-state index contributed by atoms with van der Waals surface area (Å²) in [6.07, 6.45) is 5.91. The molecule has 1 aromatic heterocycles. The molecule has 0 fully saturated rings. The molecule has 18 heavy (non-hydrogen) atoms. The molecule has 0 bridgehead atoms. The van der Waals surface area contributed by atoms with Crippen molar-refractivity contribution >= 4 is 11.8 Å². The second-order valence-electron chi connectivity index (χ2n) is 4.86. The maximum absolute atomic E-state index is 8.31. The normalized spacial score (nSPS) is 16.6. The molecule has 0 amide bonds. The van der Waals surface area contributed by atoms with Crippen LogP contribution in [0.2, 0.25) is 0 Å². The summed E-state index contributed by atoms with van der Waals surface area (Å²) in [5.74, 6) is 0. The van der Waals surface area contributed by atoms with Gasteiger partial charge in [-0.15, -0.1) is 0 Å². The van der Waals surface area contributed by atoms with Gasteiger partial charge >= 0.3 is 0 Å². The molecule has 0 spiro atoms. The lowest BCUT2D eigenvalue weighted by molar-refractivity contribution is 1.16. The molecule has 1 aliphatic rings. The van der Waals surface area contributed by atoms with E-state index in [1.54, 1.807) is 0 Å². The standard InChI is InChI=1S/C16H18N2/c1-9(2)11(4)13-6-7-14-12(5)10(3)8-18-16(14)15(13)17/h6-8,17H,1H2,2-5H3/b13-11-,17-15?. The topological polar surface area (TPSA) is 36.7 Å². The number of pyridine rings is 1. The van der Waals surface area contributed by atoms with Crippen LogP contribution in [0.15, 0.2) is 35.6 Å². The predicted octanol–water partition coefficient (Wildman–Crippen LogP) is 3.99. The van der Waals surface area contributed by atoms with E-state index >= 15 is 0 Å². The van der Waals surface area contributed by atoms with Crippen LogP contribution < -0.4 is 0 Å². The van der Waals surface area contributed by atoms with E-state index in [1.165, 1.54) is 5.56 Å². The lowest BCUT2D eigenvalue weighted by atomic mass is 9.88. The third kappa shape index (κ3) is 1.84. The van der Waals surface area contributed by atoms with E-state index in [0.29, 0.717) is 5.71 Å². The maximum Gasteiger partial charge on any atom is 0.0960 e. The first kappa shape index (κ1) is 12.5. The number of nitrogens with one attached hydrogen (secondary N) is 1. The van der Waals surface area contributed by atoms with Crippen LogP contribution in [0.25, 0.3) is 6.08 Å². The summed E-state index contributed by atoms with van der Waals surface area (Å²) < 4.78 is 0. The summed E-state index contributed by atoms with van der Waals surface area (Å²) in [5.41, 5.74) is 7.67. The average molecular weight is 238 g/mol.